The molecule has 2 heterocycles. The van der Waals surface area contributed by atoms with Crippen LogP contribution >= 0.6 is 0 Å². The molecule has 0 saturated carbocycles. The maximum atomic E-state index is 12.4. The summed E-state index contributed by atoms with van der Waals surface area (Å²) in [6.45, 7) is 0.718. The molecule has 6 nitrogen and oxygen atoms in total. The number of ether oxygens (including phenoxy) is 2. The normalized spacial score (nSPS) is 13.8. The number of carbonyl (C=O) groups is 2. The molecular weight excluding hydrogens is 368 g/mol. The van der Waals surface area contributed by atoms with Crippen LogP contribution in [0.15, 0.2) is 72.9 Å². The molecule has 0 bridgehead atoms. The van der Waals surface area contributed by atoms with Gasteiger partial charge in [0.1, 0.15) is 11.5 Å². The minimum atomic E-state index is -0.458. The zero-order chi connectivity index (χ0) is 20.1. The molecule has 1 fully saturated rings. The highest BCUT2D eigenvalue weighted by atomic mass is 16.5. The number of pyridine rings is 1. The van der Waals surface area contributed by atoms with Crippen LogP contribution in [-0.2, 0) is 4.79 Å². The largest absolute Gasteiger partial charge is 0.439 e. The second-order valence-electron chi connectivity index (χ2n) is 6.68. The van der Waals surface area contributed by atoms with E-state index in [4.69, 9.17) is 9.47 Å². The second kappa shape index (κ2) is 8.56. The molecule has 0 aliphatic carbocycles. The van der Waals surface area contributed by atoms with Gasteiger partial charge in [-0.2, -0.15) is 0 Å². The molecule has 0 N–H and O–H groups in total. The number of benzene rings is 2. The first-order valence-corrected chi connectivity index (χ1v) is 9.50. The fraction of sp³-hybridized carbons (Fsp3) is 0.174. The Bertz CT molecular complexity index is 986. The van der Waals surface area contributed by atoms with Gasteiger partial charge in [0.2, 0.25) is 11.8 Å². The molecular formula is C23H20N2O4. The molecule has 6 heteroatoms. The van der Waals surface area contributed by atoms with Crippen LogP contribution in [0.5, 0.6) is 17.4 Å². The Hall–Kier alpha value is -3.67. The first-order valence-electron chi connectivity index (χ1n) is 9.50. The Labute approximate surface area is 168 Å². The molecule has 4 rings (SSSR count). The minimum absolute atomic E-state index is 0.125. The van der Waals surface area contributed by atoms with E-state index in [1.165, 1.54) is 0 Å². The van der Waals surface area contributed by atoms with Crippen LogP contribution in [0.4, 0.5) is 5.69 Å². The average molecular weight is 388 g/mol. The van der Waals surface area contributed by atoms with E-state index in [1.807, 2.05) is 12.1 Å². The molecule has 3 aromatic rings. The van der Waals surface area contributed by atoms with Crippen molar-refractivity contribution in [1.29, 1.82) is 0 Å². The smallest absolute Gasteiger partial charge is 0.343 e. The number of carbonyl (C=O) groups excluding carboxylic acids is 2. The van der Waals surface area contributed by atoms with Crippen LogP contribution < -0.4 is 14.4 Å². The first-order chi connectivity index (χ1) is 14.2. The maximum absolute atomic E-state index is 12.4. The highest BCUT2D eigenvalue weighted by Gasteiger charge is 2.20. The van der Waals surface area contributed by atoms with Gasteiger partial charge in [0.25, 0.3) is 0 Å². The number of anilines is 1. The van der Waals surface area contributed by atoms with E-state index in [0.29, 0.717) is 29.4 Å². The Morgan fingerprint density at radius 2 is 1.66 bits per heavy atom. The van der Waals surface area contributed by atoms with Crippen LogP contribution in [0.25, 0.3) is 0 Å². The van der Waals surface area contributed by atoms with Gasteiger partial charge in [-0.25, -0.2) is 9.78 Å². The Balaban J connectivity index is 1.38. The Kier molecular flexibility index (Phi) is 5.52. The molecule has 0 atom stereocenters. The topological polar surface area (TPSA) is 68.7 Å². The monoisotopic (exact) mass is 388 g/mol. The van der Waals surface area contributed by atoms with E-state index in [9.17, 15) is 9.59 Å². The standard InChI is InChI=1S/C23H20N2O4/c26-22-6-2-4-16-25(22)18-9-7-17(8-10-18)23(27)29-20-13-11-19(12-14-20)28-21-5-1-3-15-24-21/h1,3,5,7-15H,2,4,6,16H2. The number of esters is 1. The molecule has 2 aromatic carbocycles. The van der Waals surface area contributed by atoms with Gasteiger partial charge in [-0.05, 0) is 67.4 Å². The summed E-state index contributed by atoms with van der Waals surface area (Å²) < 4.78 is 11.0. The van der Waals surface area contributed by atoms with E-state index >= 15 is 0 Å². The zero-order valence-corrected chi connectivity index (χ0v) is 15.8. The number of nitrogens with zero attached hydrogens (tertiary/aromatic N) is 2. The molecule has 146 valence electrons. The number of aromatic nitrogens is 1. The van der Waals surface area contributed by atoms with E-state index in [1.54, 1.807) is 65.7 Å². The van der Waals surface area contributed by atoms with Crippen LogP contribution in [0.1, 0.15) is 29.6 Å². The van der Waals surface area contributed by atoms with Crippen molar-refractivity contribution in [1.82, 2.24) is 4.98 Å². The Morgan fingerprint density at radius 3 is 2.34 bits per heavy atom. The SMILES string of the molecule is O=C(Oc1ccc(Oc2ccccn2)cc1)c1ccc(N2CCCCC2=O)cc1. The lowest BCUT2D eigenvalue weighted by atomic mass is 10.1. The molecule has 0 spiro atoms. The third-order valence-electron chi connectivity index (χ3n) is 4.63. The van der Waals surface area contributed by atoms with Crippen molar-refractivity contribution in [2.45, 2.75) is 19.3 Å². The predicted molar refractivity (Wildman–Crippen MR) is 108 cm³/mol. The number of amides is 1. The number of hydrogen-bond acceptors (Lipinski definition) is 5. The summed E-state index contributed by atoms with van der Waals surface area (Å²) in [5.74, 6) is 1.17. The number of rotatable bonds is 5. The summed E-state index contributed by atoms with van der Waals surface area (Å²) in [5.41, 5.74) is 1.23. The quantitative estimate of drug-likeness (QED) is 0.472. The number of hydrogen-bond donors (Lipinski definition) is 0. The summed E-state index contributed by atoms with van der Waals surface area (Å²) in [6.07, 6.45) is 4.16. The van der Waals surface area contributed by atoms with E-state index < -0.39 is 5.97 Å². The maximum Gasteiger partial charge on any atom is 0.343 e. The molecule has 0 radical (unpaired) electrons. The van der Waals surface area contributed by atoms with Crippen molar-refractivity contribution in [2.75, 3.05) is 11.4 Å². The van der Waals surface area contributed by atoms with Crippen molar-refractivity contribution < 1.29 is 19.1 Å². The van der Waals surface area contributed by atoms with Crippen LogP contribution in [-0.4, -0.2) is 23.4 Å². The molecule has 0 unspecified atom stereocenters. The zero-order valence-electron chi connectivity index (χ0n) is 15.8. The van der Waals surface area contributed by atoms with Crippen molar-refractivity contribution in [3.63, 3.8) is 0 Å². The van der Waals surface area contributed by atoms with Gasteiger partial charge in [-0.15, -0.1) is 0 Å². The molecule has 1 aliphatic heterocycles. The van der Waals surface area contributed by atoms with Crippen molar-refractivity contribution in [3.05, 3.63) is 78.5 Å². The van der Waals surface area contributed by atoms with Gasteiger partial charge in [-0.3, -0.25) is 4.79 Å². The minimum Gasteiger partial charge on any atom is -0.439 e. The van der Waals surface area contributed by atoms with E-state index in [0.717, 1.165) is 25.1 Å². The van der Waals surface area contributed by atoms with Gasteiger partial charge < -0.3 is 14.4 Å². The molecule has 1 amide bonds. The lowest BCUT2D eigenvalue weighted by Crippen LogP contribution is -2.35. The van der Waals surface area contributed by atoms with Crippen LogP contribution in [0.2, 0.25) is 0 Å². The summed E-state index contributed by atoms with van der Waals surface area (Å²) in [5, 5.41) is 0. The van der Waals surface area contributed by atoms with Gasteiger partial charge in [0.05, 0.1) is 5.56 Å². The van der Waals surface area contributed by atoms with Gasteiger partial charge in [0.15, 0.2) is 0 Å². The van der Waals surface area contributed by atoms with Crippen molar-refractivity contribution in [3.8, 4) is 17.4 Å². The van der Waals surface area contributed by atoms with Gasteiger partial charge >= 0.3 is 5.97 Å². The fourth-order valence-corrected chi connectivity index (χ4v) is 3.13. The fourth-order valence-electron chi connectivity index (χ4n) is 3.13. The summed E-state index contributed by atoms with van der Waals surface area (Å²) in [7, 11) is 0. The lowest BCUT2D eigenvalue weighted by Gasteiger charge is -2.26. The Morgan fingerprint density at radius 1 is 0.897 bits per heavy atom. The van der Waals surface area contributed by atoms with Crippen LogP contribution in [0.3, 0.4) is 0 Å². The van der Waals surface area contributed by atoms with Gasteiger partial charge in [0, 0.05) is 30.9 Å². The number of piperidine rings is 1. The van der Waals surface area contributed by atoms with E-state index in [2.05, 4.69) is 4.98 Å². The summed E-state index contributed by atoms with van der Waals surface area (Å²) >= 11 is 0. The highest BCUT2D eigenvalue weighted by Crippen LogP contribution is 2.24. The molecule has 1 saturated heterocycles. The highest BCUT2D eigenvalue weighted by molar-refractivity contribution is 5.95. The predicted octanol–water partition coefficient (Wildman–Crippen LogP) is 4.61. The van der Waals surface area contributed by atoms with Crippen molar-refractivity contribution in [2.24, 2.45) is 0 Å². The average Bonchev–Trinajstić information content (AvgIpc) is 2.76. The molecule has 1 aliphatic rings. The molecule has 1 aromatic heterocycles. The molecule has 29 heavy (non-hydrogen) atoms. The summed E-state index contributed by atoms with van der Waals surface area (Å²) in [6, 6.07) is 19.1. The second-order valence-corrected chi connectivity index (χ2v) is 6.68. The van der Waals surface area contributed by atoms with Gasteiger partial charge in [-0.1, -0.05) is 6.07 Å². The summed E-state index contributed by atoms with van der Waals surface area (Å²) in [4.78, 5) is 30.3. The van der Waals surface area contributed by atoms with Crippen molar-refractivity contribution >= 4 is 17.6 Å². The van der Waals surface area contributed by atoms with Crippen LogP contribution in [0, 0.1) is 0 Å². The third kappa shape index (κ3) is 4.60. The lowest BCUT2D eigenvalue weighted by molar-refractivity contribution is -0.119. The third-order valence-corrected chi connectivity index (χ3v) is 4.63. The van der Waals surface area contributed by atoms with E-state index in [-0.39, 0.29) is 5.91 Å². The first kappa shape index (κ1) is 18.7.